The number of unbranched alkanes of at least 4 members (excludes halogenated alkanes) is 2. The van der Waals surface area contributed by atoms with Gasteiger partial charge in [0.1, 0.15) is 11.6 Å². The highest BCUT2D eigenvalue weighted by Crippen LogP contribution is 2.61. The number of allylic oxidation sites excluding steroid dienone is 1. The smallest absolute Gasteiger partial charge is 0.312 e. The molecule has 2 bridgehead atoms. The first-order chi connectivity index (χ1) is 22.8. The maximum absolute atomic E-state index is 15.0. The van der Waals surface area contributed by atoms with Gasteiger partial charge < -0.3 is 29.3 Å². The van der Waals surface area contributed by atoms with Crippen LogP contribution in [0.25, 0.3) is 0 Å². The molecule has 7 atom stereocenters. The second-order valence-corrected chi connectivity index (χ2v) is 13.6. The number of nitrogens with zero attached hydrogens (tertiary/aromatic N) is 3. The van der Waals surface area contributed by atoms with E-state index in [1.165, 1.54) is 4.90 Å². The molecule has 252 valence electrons. The summed E-state index contributed by atoms with van der Waals surface area (Å²) in [7, 11) is 0. The molecule has 3 fully saturated rings. The number of aliphatic hydroxyl groups is 1. The Balaban J connectivity index is 1.56. The largest absolute Gasteiger partial charge is 0.465 e. The van der Waals surface area contributed by atoms with Gasteiger partial charge in [-0.2, -0.15) is 0 Å². The van der Waals surface area contributed by atoms with Gasteiger partial charge >= 0.3 is 5.97 Å². The zero-order chi connectivity index (χ0) is 33.7. The average molecular weight is 709 g/mol. The van der Waals surface area contributed by atoms with Gasteiger partial charge in [-0.3, -0.25) is 14.4 Å². The molecule has 1 spiro atoms. The molecular formula is C37H46BrN3O6. The van der Waals surface area contributed by atoms with E-state index in [0.717, 1.165) is 31.6 Å². The molecule has 5 rings (SSSR count). The summed E-state index contributed by atoms with van der Waals surface area (Å²) in [5, 5.41) is 10.8. The van der Waals surface area contributed by atoms with E-state index in [9.17, 15) is 14.7 Å². The third kappa shape index (κ3) is 6.39. The van der Waals surface area contributed by atoms with E-state index in [4.69, 9.17) is 9.47 Å². The number of hydrogen-bond acceptors (Lipinski definition) is 7. The van der Waals surface area contributed by atoms with E-state index in [-0.39, 0.29) is 23.9 Å². The lowest BCUT2D eigenvalue weighted by Crippen LogP contribution is -2.57. The van der Waals surface area contributed by atoms with Gasteiger partial charge in [0, 0.05) is 35.8 Å². The van der Waals surface area contributed by atoms with Crippen LogP contribution < -0.4 is 9.80 Å². The predicted molar refractivity (Wildman–Crippen MR) is 186 cm³/mol. The fraction of sp³-hybridized carbons (Fsp3) is 0.486. The number of carbonyl (C=O) groups is 3. The molecule has 0 aliphatic carbocycles. The number of ether oxygens (including phenoxy) is 2. The molecule has 9 nitrogen and oxygen atoms in total. The highest BCUT2D eigenvalue weighted by atomic mass is 79.9. The van der Waals surface area contributed by atoms with Crippen LogP contribution in [0.5, 0.6) is 0 Å². The maximum atomic E-state index is 15.0. The molecule has 3 unspecified atom stereocenters. The summed E-state index contributed by atoms with van der Waals surface area (Å²) in [5.41, 5.74) is 1.07. The molecule has 2 amide bonds. The number of hydrogen-bond donors (Lipinski definition) is 1. The molecule has 0 saturated carbocycles. The summed E-state index contributed by atoms with van der Waals surface area (Å²) in [6, 6.07) is 15.0. The van der Waals surface area contributed by atoms with Gasteiger partial charge in [-0.25, -0.2) is 0 Å². The highest BCUT2D eigenvalue weighted by Gasteiger charge is 2.77. The van der Waals surface area contributed by atoms with Crippen molar-refractivity contribution in [1.82, 2.24) is 4.90 Å². The van der Waals surface area contributed by atoms with Crippen LogP contribution in [-0.4, -0.2) is 83.2 Å². The molecule has 2 aromatic carbocycles. The molecule has 3 aliphatic heterocycles. The fourth-order valence-electron chi connectivity index (χ4n) is 7.67. The van der Waals surface area contributed by atoms with Crippen molar-refractivity contribution in [1.29, 1.82) is 0 Å². The Kier molecular flexibility index (Phi) is 11.3. The number of esters is 1. The summed E-state index contributed by atoms with van der Waals surface area (Å²) >= 11 is 3.73. The topological polar surface area (TPSA) is 99.6 Å². The lowest BCUT2D eigenvalue weighted by molar-refractivity contribution is -0.155. The molecule has 3 saturated heterocycles. The number of likely N-dealkylation sites (tertiary alicyclic amines) is 1. The van der Waals surface area contributed by atoms with Crippen molar-refractivity contribution in [2.75, 3.05) is 42.6 Å². The van der Waals surface area contributed by atoms with E-state index in [1.54, 1.807) is 11.0 Å². The number of amides is 2. The first-order valence-corrected chi connectivity index (χ1v) is 17.5. The van der Waals surface area contributed by atoms with Crippen molar-refractivity contribution >= 4 is 45.1 Å². The zero-order valence-corrected chi connectivity index (χ0v) is 28.9. The molecule has 2 aromatic rings. The fourth-order valence-corrected chi connectivity index (χ4v) is 8.62. The zero-order valence-electron chi connectivity index (χ0n) is 27.3. The summed E-state index contributed by atoms with van der Waals surface area (Å²) in [4.78, 5) is 48.5. The Labute approximate surface area is 286 Å². The number of halogens is 1. The molecule has 10 heteroatoms. The first-order valence-electron chi connectivity index (χ1n) is 16.6. The van der Waals surface area contributed by atoms with Gasteiger partial charge in [0.2, 0.25) is 5.91 Å². The Morgan fingerprint density at radius 1 is 1.09 bits per heavy atom. The normalized spacial score (nSPS) is 26.5. The number of benzene rings is 2. The first kappa shape index (κ1) is 34.9. The van der Waals surface area contributed by atoms with Crippen LogP contribution in [0, 0.1) is 11.8 Å². The van der Waals surface area contributed by atoms with Crippen LogP contribution in [0.15, 0.2) is 79.9 Å². The molecule has 47 heavy (non-hydrogen) atoms. The monoisotopic (exact) mass is 707 g/mol. The number of aliphatic hydroxyl groups excluding tert-OH is 1. The number of carbonyl (C=O) groups excluding carboxylic acids is 3. The third-order valence-electron chi connectivity index (χ3n) is 9.84. The minimum absolute atomic E-state index is 0.190. The number of anilines is 2. The molecular weight excluding hydrogens is 662 g/mol. The SMILES string of the molecule is C=CCCCCOC(=O)[C@H]1[C@@H]2OC3(CC2Br)C(C(=O)N(CC=C)c2ccc(N(CC)CC)cc2)N([C@H](CO)c2ccccc2)C(=O)[C@H]13. The van der Waals surface area contributed by atoms with Gasteiger partial charge in [-0.1, -0.05) is 58.4 Å². The van der Waals surface area contributed by atoms with E-state index in [0.29, 0.717) is 24.1 Å². The highest BCUT2D eigenvalue weighted by molar-refractivity contribution is 9.09. The minimum atomic E-state index is -1.30. The van der Waals surface area contributed by atoms with Crippen molar-refractivity contribution in [3.63, 3.8) is 0 Å². The Morgan fingerprint density at radius 3 is 2.38 bits per heavy atom. The number of alkyl halides is 1. The second kappa shape index (κ2) is 15.2. The number of fused-ring (bicyclic) bond motifs is 1. The Bertz CT molecular complexity index is 1430. The quantitative estimate of drug-likeness (QED) is 0.108. The lowest BCUT2D eigenvalue weighted by atomic mass is 9.70. The van der Waals surface area contributed by atoms with Crippen molar-refractivity contribution in [3.05, 3.63) is 85.5 Å². The average Bonchev–Trinajstić information content (AvgIpc) is 3.68. The van der Waals surface area contributed by atoms with Crippen LogP contribution in [0.4, 0.5) is 11.4 Å². The Hall–Kier alpha value is -3.47. The van der Waals surface area contributed by atoms with Crippen LogP contribution in [0.1, 0.15) is 51.1 Å². The van der Waals surface area contributed by atoms with Crippen molar-refractivity contribution in [2.24, 2.45) is 11.8 Å². The van der Waals surface area contributed by atoms with E-state index in [2.05, 4.69) is 47.8 Å². The van der Waals surface area contributed by atoms with E-state index < -0.39 is 54.1 Å². The summed E-state index contributed by atoms with van der Waals surface area (Å²) in [6.07, 6.45) is 5.53. The van der Waals surface area contributed by atoms with Gasteiger partial charge in [-0.15, -0.1) is 13.2 Å². The van der Waals surface area contributed by atoms with E-state index >= 15 is 4.79 Å². The second-order valence-electron chi connectivity index (χ2n) is 12.4. The van der Waals surface area contributed by atoms with Crippen molar-refractivity contribution < 1.29 is 29.0 Å². The molecule has 3 aliphatic rings. The maximum Gasteiger partial charge on any atom is 0.312 e. The van der Waals surface area contributed by atoms with Gasteiger partial charge in [0.25, 0.3) is 5.91 Å². The lowest BCUT2D eigenvalue weighted by Gasteiger charge is -2.39. The van der Waals surface area contributed by atoms with E-state index in [1.807, 2.05) is 60.7 Å². The standard InChI is InChI=1S/C37H46BrN3O6/c1-5-9-10-14-22-46-36(45)30-31-34(43)41(29(24-42)25-15-12-11-13-16-25)33(37(31)23-28(38)32(30)47-37)35(44)40(21-6-2)27-19-17-26(18-20-27)39(7-3)8-4/h5-6,11-13,15-20,28-33,42H,1-2,7-10,14,21-24H2,3-4H3/t28?,29-,30-,31+,32-,33?,37?/m1/s1. The minimum Gasteiger partial charge on any atom is -0.465 e. The van der Waals surface area contributed by atoms with Crippen LogP contribution in [-0.2, 0) is 23.9 Å². The molecule has 1 N–H and O–H groups in total. The molecule has 3 heterocycles. The predicted octanol–water partition coefficient (Wildman–Crippen LogP) is 5.43. The molecule has 0 aromatic heterocycles. The van der Waals surface area contributed by atoms with Gasteiger partial charge in [-0.05, 0) is 69.4 Å². The summed E-state index contributed by atoms with van der Waals surface area (Å²) < 4.78 is 12.4. The summed E-state index contributed by atoms with van der Waals surface area (Å²) in [6.45, 7) is 13.5. The van der Waals surface area contributed by atoms with Crippen LogP contribution in [0.2, 0.25) is 0 Å². The molecule has 0 radical (unpaired) electrons. The van der Waals surface area contributed by atoms with Gasteiger partial charge in [0.05, 0.1) is 37.2 Å². The van der Waals surface area contributed by atoms with Crippen molar-refractivity contribution in [2.45, 2.75) is 68.1 Å². The summed E-state index contributed by atoms with van der Waals surface area (Å²) in [5.74, 6) is -3.08. The van der Waals surface area contributed by atoms with Gasteiger partial charge in [0.15, 0.2) is 0 Å². The Morgan fingerprint density at radius 2 is 1.77 bits per heavy atom. The number of rotatable bonds is 16. The third-order valence-corrected chi connectivity index (χ3v) is 10.7. The van der Waals surface area contributed by atoms with Crippen LogP contribution >= 0.6 is 15.9 Å². The van der Waals surface area contributed by atoms with Crippen LogP contribution in [0.3, 0.4) is 0 Å². The van der Waals surface area contributed by atoms with Crippen molar-refractivity contribution in [3.8, 4) is 0 Å².